The van der Waals surface area contributed by atoms with Crippen LogP contribution >= 0.6 is 0 Å². The molecule has 1 fully saturated rings. The molecule has 0 radical (unpaired) electrons. The average Bonchev–Trinajstić information content (AvgIpc) is 3.29. The Balaban J connectivity index is 1.63. The Bertz CT molecular complexity index is 943. The van der Waals surface area contributed by atoms with Gasteiger partial charge in [-0.3, -0.25) is 9.59 Å². The highest BCUT2D eigenvalue weighted by atomic mass is 19.4. The van der Waals surface area contributed by atoms with Crippen molar-refractivity contribution in [3.05, 3.63) is 59.7 Å². The molecule has 2 amide bonds. The Hall–Kier alpha value is -3.07. The van der Waals surface area contributed by atoms with Crippen molar-refractivity contribution in [3.8, 4) is 5.75 Å². The SMILES string of the molecule is CCN(CC(=O)Nc1ccccc1C(F)(F)F)C(=O)c1cccc(OCC2CCCO2)c1. The number of para-hydroxylation sites is 1. The Morgan fingerprint density at radius 2 is 1.97 bits per heavy atom. The predicted molar refractivity (Wildman–Crippen MR) is 113 cm³/mol. The summed E-state index contributed by atoms with van der Waals surface area (Å²) in [6, 6.07) is 11.3. The summed E-state index contributed by atoms with van der Waals surface area (Å²) < 4.78 is 50.7. The van der Waals surface area contributed by atoms with Crippen molar-refractivity contribution in [1.29, 1.82) is 0 Å². The molecule has 0 aliphatic carbocycles. The van der Waals surface area contributed by atoms with Gasteiger partial charge in [0, 0.05) is 18.7 Å². The highest BCUT2D eigenvalue weighted by molar-refractivity contribution is 5.99. The van der Waals surface area contributed by atoms with Crippen molar-refractivity contribution in [2.75, 3.05) is 31.6 Å². The van der Waals surface area contributed by atoms with Gasteiger partial charge in [0.05, 0.1) is 17.4 Å². The normalized spacial score (nSPS) is 15.9. The van der Waals surface area contributed by atoms with E-state index in [-0.39, 0.29) is 24.9 Å². The third-order valence-corrected chi connectivity index (χ3v) is 5.05. The van der Waals surface area contributed by atoms with E-state index in [1.54, 1.807) is 31.2 Å². The number of nitrogens with zero attached hydrogens (tertiary/aromatic N) is 1. The molecule has 1 atom stereocenters. The van der Waals surface area contributed by atoms with Gasteiger partial charge in [0.25, 0.3) is 5.91 Å². The monoisotopic (exact) mass is 450 g/mol. The highest BCUT2D eigenvalue weighted by Gasteiger charge is 2.33. The zero-order chi connectivity index (χ0) is 23.1. The number of likely N-dealkylation sites (N-methyl/N-ethyl adjacent to an activating group) is 1. The smallest absolute Gasteiger partial charge is 0.418 e. The first-order chi connectivity index (χ1) is 15.3. The molecule has 1 heterocycles. The van der Waals surface area contributed by atoms with Crippen LogP contribution < -0.4 is 10.1 Å². The Labute approximate surface area is 184 Å². The molecule has 1 aliphatic heterocycles. The molecule has 2 aromatic carbocycles. The number of carbonyl (C=O) groups is 2. The fourth-order valence-corrected chi connectivity index (χ4v) is 3.40. The van der Waals surface area contributed by atoms with Gasteiger partial charge >= 0.3 is 6.18 Å². The Morgan fingerprint density at radius 1 is 1.19 bits per heavy atom. The molecule has 0 spiro atoms. The first kappa shape index (κ1) is 23.6. The second-order valence-electron chi connectivity index (χ2n) is 7.38. The maximum absolute atomic E-state index is 13.1. The van der Waals surface area contributed by atoms with E-state index >= 15 is 0 Å². The summed E-state index contributed by atoms with van der Waals surface area (Å²) in [4.78, 5) is 26.5. The van der Waals surface area contributed by atoms with Crippen LogP contribution in [-0.2, 0) is 15.7 Å². The Kier molecular flexibility index (Phi) is 7.74. The van der Waals surface area contributed by atoms with Gasteiger partial charge in [0.1, 0.15) is 18.9 Å². The first-order valence-electron chi connectivity index (χ1n) is 10.4. The van der Waals surface area contributed by atoms with Crippen LogP contribution in [0.4, 0.5) is 18.9 Å². The highest BCUT2D eigenvalue weighted by Crippen LogP contribution is 2.34. The molecule has 172 valence electrons. The summed E-state index contributed by atoms with van der Waals surface area (Å²) in [5.74, 6) is -0.636. The molecule has 0 saturated carbocycles. The lowest BCUT2D eigenvalue weighted by Crippen LogP contribution is -2.38. The number of benzene rings is 2. The lowest BCUT2D eigenvalue weighted by atomic mass is 10.1. The van der Waals surface area contributed by atoms with Gasteiger partial charge in [0.15, 0.2) is 0 Å². The number of nitrogens with one attached hydrogen (secondary N) is 1. The average molecular weight is 450 g/mol. The summed E-state index contributed by atoms with van der Waals surface area (Å²) in [5.41, 5.74) is -0.975. The van der Waals surface area contributed by atoms with E-state index in [1.165, 1.54) is 23.1 Å². The number of carbonyl (C=O) groups excluding carboxylic acids is 2. The quantitative estimate of drug-likeness (QED) is 0.649. The molecule has 1 unspecified atom stereocenters. The zero-order valence-electron chi connectivity index (χ0n) is 17.7. The minimum absolute atomic E-state index is 0.0322. The predicted octanol–water partition coefficient (Wildman–Crippen LogP) is 4.36. The summed E-state index contributed by atoms with van der Waals surface area (Å²) >= 11 is 0. The van der Waals surface area contributed by atoms with E-state index in [1.807, 2.05) is 0 Å². The Morgan fingerprint density at radius 3 is 2.66 bits per heavy atom. The molecule has 1 N–H and O–H groups in total. The summed E-state index contributed by atoms with van der Waals surface area (Å²) in [6.45, 7) is 2.60. The van der Waals surface area contributed by atoms with Gasteiger partial charge in [-0.15, -0.1) is 0 Å². The van der Waals surface area contributed by atoms with Gasteiger partial charge in [-0.25, -0.2) is 0 Å². The van der Waals surface area contributed by atoms with Crippen molar-refractivity contribution < 1.29 is 32.2 Å². The minimum atomic E-state index is -4.60. The van der Waals surface area contributed by atoms with E-state index in [0.29, 0.717) is 24.5 Å². The van der Waals surface area contributed by atoms with Crippen LogP contribution in [0.2, 0.25) is 0 Å². The van der Waals surface area contributed by atoms with Crippen molar-refractivity contribution in [2.45, 2.75) is 32.0 Å². The van der Waals surface area contributed by atoms with Crippen molar-refractivity contribution in [2.24, 2.45) is 0 Å². The van der Waals surface area contributed by atoms with Crippen molar-refractivity contribution in [1.82, 2.24) is 4.90 Å². The molecule has 32 heavy (non-hydrogen) atoms. The molecule has 9 heteroatoms. The maximum Gasteiger partial charge on any atom is 0.418 e. The fourth-order valence-electron chi connectivity index (χ4n) is 3.40. The molecule has 0 bridgehead atoms. The third-order valence-electron chi connectivity index (χ3n) is 5.05. The number of hydrogen-bond donors (Lipinski definition) is 1. The summed E-state index contributed by atoms with van der Waals surface area (Å²) in [5, 5.41) is 2.26. The van der Waals surface area contributed by atoms with Gasteiger partial charge in [0.2, 0.25) is 5.91 Å². The van der Waals surface area contributed by atoms with Crippen molar-refractivity contribution in [3.63, 3.8) is 0 Å². The third kappa shape index (κ3) is 6.23. The van der Waals surface area contributed by atoms with Crippen LogP contribution in [0.5, 0.6) is 5.75 Å². The molecular formula is C23H25F3N2O4. The largest absolute Gasteiger partial charge is 0.491 e. The fraction of sp³-hybridized carbons (Fsp3) is 0.391. The number of halogens is 3. The molecule has 0 aromatic heterocycles. The lowest BCUT2D eigenvalue weighted by Gasteiger charge is -2.21. The number of rotatable bonds is 8. The topological polar surface area (TPSA) is 67.9 Å². The standard InChI is InChI=1S/C23H25F3N2O4/c1-2-28(14-21(29)27-20-11-4-3-10-19(20)23(24,25)26)22(30)16-7-5-8-17(13-16)32-15-18-9-6-12-31-18/h3-5,7-8,10-11,13,18H,2,6,9,12,14-15H2,1H3,(H,27,29). The van der Waals surface area contributed by atoms with E-state index in [4.69, 9.17) is 9.47 Å². The van der Waals surface area contributed by atoms with Crippen LogP contribution in [0.25, 0.3) is 0 Å². The van der Waals surface area contributed by atoms with E-state index in [2.05, 4.69) is 5.32 Å². The van der Waals surface area contributed by atoms with Crippen LogP contribution in [-0.4, -0.2) is 49.1 Å². The molecule has 3 rings (SSSR count). The number of hydrogen-bond acceptors (Lipinski definition) is 4. The zero-order valence-corrected chi connectivity index (χ0v) is 17.7. The van der Waals surface area contributed by atoms with E-state index in [0.717, 1.165) is 18.9 Å². The molecular weight excluding hydrogens is 425 g/mol. The number of alkyl halides is 3. The van der Waals surface area contributed by atoms with Crippen molar-refractivity contribution >= 4 is 17.5 Å². The van der Waals surface area contributed by atoms with E-state index < -0.39 is 23.6 Å². The van der Waals surface area contributed by atoms with Gasteiger partial charge in [-0.2, -0.15) is 13.2 Å². The van der Waals surface area contributed by atoms with E-state index in [9.17, 15) is 22.8 Å². The lowest BCUT2D eigenvalue weighted by molar-refractivity contribution is -0.137. The first-order valence-corrected chi connectivity index (χ1v) is 10.4. The molecule has 1 saturated heterocycles. The summed E-state index contributed by atoms with van der Waals surface area (Å²) in [6.07, 6.45) is -2.65. The second kappa shape index (κ2) is 10.5. The molecule has 1 aliphatic rings. The van der Waals surface area contributed by atoms with Gasteiger partial charge in [-0.05, 0) is 50.1 Å². The maximum atomic E-state index is 13.1. The van der Waals surface area contributed by atoms with Gasteiger partial charge in [-0.1, -0.05) is 18.2 Å². The number of anilines is 1. The van der Waals surface area contributed by atoms with Gasteiger partial charge < -0.3 is 19.7 Å². The summed E-state index contributed by atoms with van der Waals surface area (Å²) in [7, 11) is 0. The van der Waals surface area contributed by atoms with Crippen LogP contribution in [0.1, 0.15) is 35.7 Å². The minimum Gasteiger partial charge on any atom is -0.491 e. The van der Waals surface area contributed by atoms with Crippen LogP contribution in [0, 0.1) is 0 Å². The molecule has 6 nitrogen and oxygen atoms in total. The molecule has 2 aromatic rings. The second-order valence-corrected chi connectivity index (χ2v) is 7.38. The number of ether oxygens (including phenoxy) is 2. The number of amides is 2. The van der Waals surface area contributed by atoms with Crippen LogP contribution in [0.3, 0.4) is 0 Å². The van der Waals surface area contributed by atoms with Crippen LogP contribution in [0.15, 0.2) is 48.5 Å².